The summed E-state index contributed by atoms with van der Waals surface area (Å²) < 4.78 is 18.2. The van der Waals surface area contributed by atoms with Crippen LogP contribution in [-0.4, -0.2) is 45.1 Å². The van der Waals surface area contributed by atoms with Crippen LogP contribution in [0.25, 0.3) is 0 Å². The zero-order valence-electron chi connectivity index (χ0n) is 11.8. The summed E-state index contributed by atoms with van der Waals surface area (Å²) in [7, 11) is 3.43. The number of aliphatic hydroxyl groups excluding tert-OH is 1. The van der Waals surface area contributed by atoms with Crippen LogP contribution in [0, 0.1) is 5.82 Å². The minimum absolute atomic E-state index is 0.248. The monoisotopic (exact) mass is 270 g/mol. The SMILES string of the molecule is CCNCc1cc(F)ccc1N(C)CC(O)COC. The van der Waals surface area contributed by atoms with Crippen molar-refractivity contribution in [2.75, 3.05) is 38.8 Å². The molecule has 1 rings (SSSR count). The number of benzene rings is 1. The Bertz CT molecular complexity index is 388. The van der Waals surface area contributed by atoms with Crippen LogP contribution < -0.4 is 10.2 Å². The number of anilines is 1. The Labute approximate surface area is 114 Å². The summed E-state index contributed by atoms with van der Waals surface area (Å²) in [6.45, 7) is 4.16. The molecule has 0 spiro atoms. The second-order valence-corrected chi connectivity index (χ2v) is 4.54. The zero-order chi connectivity index (χ0) is 14.3. The van der Waals surface area contributed by atoms with E-state index in [1.807, 2.05) is 18.9 Å². The van der Waals surface area contributed by atoms with E-state index >= 15 is 0 Å². The number of aliphatic hydroxyl groups is 1. The van der Waals surface area contributed by atoms with Crippen LogP contribution in [0.4, 0.5) is 10.1 Å². The molecule has 0 bridgehead atoms. The summed E-state index contributed by atoms with van der Waals surface area (Å²) in [5, 5.41) is 12.9. The van der Waals surface area contributed by atoms with Crippen LogP contribution in [0.15, 0.2) is 18.2 Å². The fraction of sp³-hybridized carbons (Fsp3) is 0.571. The second kappa shape index (κ2) is 8.09. The van der Waals surface area contributed by atoms with Gasteiger partial charge < -0.3 is 20.1 Å². The quantitative estimate of drug-likeness (QED) is 0.749. The molecule has 1 aromatic rings. The average Bonchev–Trinajstić information content (AvgIpc) is 2.36. The highest BCUT2D eigenvalue weighted by molar-refractivity contribution is 5.53. The number of ether oxygens (including phenoxy) is 1. The van der Waals surface area contributed by atoms with Crippen molar-refractivity contribution in [3.63, 3.8) is 0 Å². The largest absolute Gasteiger partial charge is 0.389 e. The molecule has 1 unspecified atom stereocenters. The molecule has 0 radical (unpaired) electrons. The van der Waals surface area contributed by atoms with Gasteiger partial charge in [0, 0.05) is 32.9 Å². The lowest BCUT2D eigenvalue weighted by Crippen LogP contribution is -2.32. The van der Waals surface area contributed by atoms with E-state index in [2.05, 4.69) is 5.32 Å². The maximum absolute atomic E-state index is 13.3. The summed E-state index contributed by atoms with van der Waals surface area (Å²) >= 11 is 0. The average molecular weight is 270 g/mol. The molecule has 1 atom stereocenters. The maximum Gasteiger partial charge on any atom is 0.123 e. The minimum Gasteiger partial charge on any atom is -0.389 e. The van der Waals surface area contributed by atoms with Crippen LogP contribution in [0.5, 0.6) is 0 Å². The van der Waals surface area contributed by atoms with Crippen LogP contribution in [0.2, 0.25) is 0 Å². The van der Waals surface area contributed by atoms with Crippen molar-refractivity contribution in [2.24, 2.45) is 0 Å². The molecule has 4 nitrogen and oxygen atoms in total. The topological polar surface area (TPSA) is 44.7 Å². The first-order valence-electron chi connectivity index (χ1n) is 6.45. The van der Waals surface area contributed by atoms with E-state index in [1.165, 1.54) is 12.1 Å². The predicted molar refractivity (Wildman–Crippen MR) is 74.9 cm³/mol. The summed E-state index contributed by atoms with van der Waals surface area (Å²) in [6.07, 6.45) is -0.563. The lowest BCUT2D eigenvalue weighted by atomic mass is 10.1. The first kappa shape index (κ1) is 15.9. The van der Waals surface area contributed by atoms with Gasteiger partial charge >= 0.3 is 0 Å². The Morgan fingerprint density at radius 2 is 2.21 bits per heavy atom. The molecule has 0 aliphatic heterocycles. The summed E-state index contributed by atoms with van der Waals surface area (Å²) in [4.78, 5) is 1.91. The van der Waals surface area contributed by atoms with Gasteiger partial charge in [-0.3, -0.25) is 0 Å². The molecule has 0 aliphatic carbocycles. The van der Waals surface area contributed by atoms with Gasteiger partial charge in [-0.2, -0.15) is 0 Å². The molecule has 5 heteroatoms. The number of hydrogen-bond donors (Lipinski definition) is 2. The Morgan fingerprint density at radius 3 is 2.84 bits per heavy atom. The van der Waals surface area contributed by atoms with Gasteiger partial charge in [-0.25, -0.2) is 4.39 Å². The molecule has 0 amide bonds. The van der Waals surface area contributed by atoms with E-state index in [9.17, 15) is 9.50 Å². The van der Waals surface area contributed by atoms with Crippen molar-refractivity contribution in [2.45, 2.75) is 19.6 Å². The minimum atomic E-state index is -0.563. The van der Waals surface area contributed by atoms with Crippen molar-refractivity contribution in [1.82, 2.24) is 5.32 Å². The third kappa shape index (κ3) is 5.14. The Balaban J connectivity index is 2.79. The van der Waals surface area contributed by atoms with E-state index < -0.39 is 6.10 Å². The van der Waals surface area contributed by atoms with E-state index in [0.717, 1.165) is 17.8 Å². The molecular weight excluding hydrogens is 247 g/mol. The van der Waals surface area contributed by atoms with Gasteiger partial charge in [0.2, 0.25) is 0 Å². The van der Waals surface area contributed by atoms with Crippen molar-refractivity contribution < 1.29 is 14.2 Å². The number of halogens is 1. The molecule has 0 heterocycles. The molecule has 2 N–H and O–H groups in total. The van der Waals surface area contributed by atoms with E-state index in [1.54, 1.807) is 13.2 Å². The molecular formula is C14H23FN2O2. The Kier molecular flexibility index (Phi) is 6.77. The highest BCUT2D eigenvalue weighted by Gasteiger charge is 2.12. The summed E-state index contributed by atoms with van der Waals surface area (Å²) in [5.41, 5.74) is 1.80. The molecule has 0 aliphatic rings. The van der Waals surface area contributed by atoms with Crippen LogP contribution >= 0.6 is 0 Å². The lowest BCUT2D eigenvalue weighted by molar-refractivity contribution is 0.0695. The van der Waals surface area contributed by atoms with Gasteiger partial charge in [0.25, 0.3) is 0 Å². The number of nitrogens with zero attached hydrogens (tertiary/aromatic N) is 1. The van der Waals surface area contributed by atoms with E-state index in [-0.39, 0.29) is 12.4 Å². The van der Waals surface area contributed by atoms with Crippen molar-refractivity contribution in [3.05, 3.63) is 29.6 Å². The molecule has 0 aromatic heterocycles. The van der Waals surface area contributed by atoms with Gasteiger partial charge in [0.05, 0.1) is 12.7 Å². The van der Waals surface area contributed by atoms with E-state index in [0.29, 0.717) is 13.1 Å². The number of nitrogens with one attached hydrogen (secondary N) is 1. The summed E-state index contributed by atoms with van der Waals surface area (Å²) in [5.74, 6) is -0.248. The van der Waals surface area contributed by atoms with Crippen LogP contribution in [0.3, 0.4) is 0 Å². The van der Waals surface area contributed by atoms with Gasteiger partial charge in [0.15, 0.2) is 0 Å². The lowest BCUT2D eigenvalue weighted by Gasteiger charge is -2.25. The first-order valence-corrected chi connectivity index (χ1v) is 6.45. The standard InChI is InChI=1S/C14H23FN2O2/c1-4-16-8-11-7-12(15)5-6-14(11)17(2)9-13(18)10-19-3/h5-7,13,16,18H,4,8-10H2,1-3H3. The fourth-order valence-corrected chi connectivity index (χ4v) is 1.99. The molecule has 0 saturated carbocycles. The van der Waals surface area contributed by atoms with Gasteiger partial charge in [-0.15, -0.1) is 0 Å². The van der Waals surface area contributed by atoms with Crippen molar-refractivity contribution in [3.8, 4) is 0 Å². The normalized spacial score (nSPS) is 12.5. The van der Waals surface area contributed by atoms with Gasteiger partial charge in [0.1, 0.15) is 5.82 Å². The second-order valence-electron chi connectivity index (χ2n) is 4.54. The molecule has 19 heavy (non-hydrogen) atoms. The Hall–Kier alpha value is -1.17. The fourth-order valence-electron chi connectivity index (χ4n) is 1.99. The van der Waals surface area contributed by atoms with Gasteiger partial charge in [-0.1, -0.05) is 6.92 Å². The highest BCUT2D eigenvalue weighted by Crippen LogP contribution is 2.21. The Morgan fingerprint density at radius 1 is 1.47 bits per heavy atom. The van der Waals surface area contributed by atoms with Crippen molar-refractivity contribution in [1.29, 1.82) is 0 Å². The first-order chi connectivity index (χ1) is 9.08. The maximum atomic E-state index is 13.3. The molecule has 108 valence electrons. The smallest absolute Gasteiger partial charge is 0.123 e. The number of methoxy groups -OCH3 is 1. The highest BCUT2D eigenvalue weighted by atomic mass is 19.1. The predicted octanol–water partition coefficient (Wildman–Crippen LogP) is 1.38. The molecule has 1 aromatic carbocycles. The number of likely N-dealkylation sites (N-methyl/N-ethyl adjacent to an activating group) is 1. The molecule has 0 saturated heterocycles. The number of rotatable bonds is 8. The van der Waals surface area contributed by atoms with Crippen molar-refractivity contribution >= 4 is 5.69 Å². The third-order valence-electron chi connectivity index (χ3n) is 2.86. The summed E-state index contributed by atoms with van der Waals surface area (Å²) in [6, 6.07) is 4.70. The third-order valence-corrected chi connectivity index (χ3v) is 2.86. The van der Waals surface area contributed by atoms with Crippen LogP contribution in [-0.2, 0) is 11.3 Å². The molecule has 0 fully saturated rings. The number of hydrogen-bond acceptors (Lipinski definition) is 4. The zero-order valence-corrected chi connectivity index (χ0v) is 11.8. The van der Waals surface area contributed by atoms with E-state index in [4.69, 9.17) is 4.74 Å². The van der Waals surface area contributed by atoms with Gasteiger partial charge in [-0.05, 0) is 30.3 Å². The van der Waals surface area contributed by atoms with Crippen LogP contribution in [0.1, 0.15) is 12.5 Å².